The summed E-state index contributed by atoms with van der Waals surface area (Å²) >= 11 is 0. The van der Waals surface area contributed by atoms with Gasteiger partial charge in [-0.2, -0.15) is 5.10 Å². The molecule has 20 heavy (non-hydrogen) atoms. The van der Waals surface area contributed by atoms with Crippen molar-refractivity contribution in [1.29, 1.82) is 0 Å². The fraction of sp³-hybridized carbons (Fsp3) is 0.333. The molecule has 0 saturated heterocycles. The first kappa shape index (κ1) is 14.1. The smallest absolute Gasteiger partial charge is 0.358 e. The van der Waals surface area contributed by atoms with E-state index in [2.05, 4.69) is 17.2 Å². The molecule has 0 unspecified atom stereocenters. The van der Waals surface area contributed by atoms with Crippen molar-refractivity contribution in [3.05, 3.63) is 47.8 Å². The number of hydrogen-bond donors (Lipinski definition) is 1. The molecule has 2 aromatic rings. The van der Waals surface area contributed by atoms with Crippen molar-refractivity contribution in [2.45, 2.75) is 26.3 Å². The number of nitrogens with two attached hydrogens (primary N) is 1. The Hall–Kier alpha value is -2.30. The van der Waals surface area contributed by atoms with Crippen LogP contribution in [0.1, 0.15) is 29.4 Å². The quantitative estimate of drug-likeness (QED) is 0.647. The molecule has 0 amide bonds. The summed E-state index contributed by atoms with van der Waals surface area (Å²) in [4.78, 5) is 12.0. The number of nitrogen functional groups attached to an aromatic ring is 1. The van der Waals surface area contributed by atoms with Crippen LogP contribution in [-0.4, -0.2) is 22.4 Å². The van der Waals surface area contributed by atoms with Crippen molar-refractivity contribution >= 4 is 11.7 Å². The molecule has 5 nitrogen and oxygen atoms in total. The normalized spacial score (nSPS) is 10.4. The number of esters is 1. The van der Waals surface area contributed by atoms with Crippen molar-refractivity contribution in [2.75, 3.05) is 12.3 Å². The zero-order valence-corrected chi connectivity index (χ0v) is 11.6. The minimum atomic E-state index is -0.407. The zero-order chi connectivity index (χ0) is 14.4. The highest BCUT2D eigenvalue weighted by Crippen LogP contribution is 2.12. The number of nitrogens with zero attached hydrogens (tertiary/aromatic N) is 2. The molecule has 5 heteroatoms. The number of aryl methyl sites for hydroxylation is 2. The molecule has 0 fully saturated rings. The van der Waals surface area contributed by atoms with E-state index in [0.717, 1.165) is 12.8 Å². The van der Waals surface area contributed by atoms with Crippen LogP contribution in [-0.2, 0) is 17.7 Å². The Morgan fingerprint density at radius 1 is 1.35 bits per heavy atom. The molecule has 1 aromatic heterocycles. The van der Waals surface area contributed by atoms with E-state index in [9.17, 15) is 4.79 Å². The van der Waals surface area contributed by atoms with Gasteiger partial charge in [0.2, 0.25) is 0 Å². The Labute approximate surface area is 118 Å². The second-order valence-corrected chi connectivity index (χ2v) is 4.49. The molecule has 0 saturated carbocycles. The molecule has 1 aromatic carbocycles. The van der Waals surface area contributed by atoms with Crippen LogP contribution >= 0.6 is 0 Å². The summed E-state index contributed by atoms with van der Waals surface area (Å²) in [6.45, 7) is 2.87. The van der Waals surface area contributed by atoms with Gasteiger partial charge in [-0.1, -0.05) is 30.3 Å². The van der Waals surface area contributed by atoms with E-state index in [-0.39, 0.29) is 0 Å². The lowest BCUT2D eigenvalue weighted by Gasteiger charge is -2.07. The fourth-order valence-electron chi connectivity index (χ4n) is 2.02. The van der Waals surface area contributed by atoms with E-state index in [1.165, 1.54) is 11.8 Å². The molecule has 0 spiro atoms. The van der Waals surface area contributed by atoms with E-state index >= 15 is 0 Å². The molecule has 0 aliphatic heterocycles. The summed E-state index contributed by atoms with van der Waals surface area (Å²) in [7, 11) is 0. The van der Waals surface area contributed by atoms with Crippen molar-refractivity contribution in [1.82, 2.24) is 9.78 Å². The number of hydrogen-bond acceptors (Lipinski definition) is 4. The highest BCUT2D eigenvalue weighted by molar-refractivity contribution is 5.93. The first-order valence-corrected chi connectivity index (χ1v) is 6.74. The monoisotopic (exact) mass is 273 g/mol. The highest BCUT2D eigenvalue weighted by Gasteiger charge is 2.17. The van der Waals surface area contributed by atoms with Gasteiger partial charge in [0.15, 0.2) is 5.69 Å². The second-order valence-electron chi connectivity index (χ2n) is 4.49. The van der Waals surface area contributed by atoms with E-state index in [1.54, 1.807) is 4.68 Å². The SMILES string of the molecule is CCn1ncc(N)c1C(=O)OCCCc1ccccc1. The first-order chi connectivity index (χ1) is 9.72. The third kappa shape index (κ3) is 3.38. The van der Waals surface area contributed by atoms with Crippen molar-refractivity contribution in [3.63, 3.8) is 0 Å². The van der Waals surface area contributed by atoms with Gasteiger partial charge in [0.1, 0.15) is 0 Å². The maximum atomic E-state index is 12.0. The second kappa shape index (κ2) is 6.75. The average Bonchev–Trinajstić information content (AvgIpc) is 2.85. The highest BCUT2D eigenvalue weighted by atomic mass is 16.5. The van der Waals surface area contributed by atoms with Gasteiger partial charge in [-0.05, 0) is 25.3 Å². The Morgan fingerprint density at radius 3 is 2.80 bits per heavy atom. The standard InChI is InChI=1S/C15H19N3O2/c1-2-18-14(13(16)11-17-18)15(19)20-10-6-9-12-7-4-3-5-8-12/h3-5,7-8,11H,2,6,9-10,16H2,1H3. The predicted molar refractivity (Wildman–Crippen MR) is 77.4 cm³/mol. The van der Waals surface area contributed by atoms with Gasteiger partial charge in [0.25, 0.3) is 0 Å². The molecule has 106 valence electrons. The minimum absolute atomic E-state index is 0.340. The Balaban J connectivity index is 1.82. The number of rotatable bonds is 6. The number of carbonyl (C=O) groups excluding carboxylic acids is 1. The summed E-state index contributed by atoms with van der Waals surface area (Å²) in [5, 5.41) is 4.02. The molecular formula is C15H19N3O2. The summed E-state index contributed by atoms with van der Waals surface area (Å²) in [6.07, 6.45) is 3.15. The lowest BCUT2D eigenvalue weighted by Crippen LogP contribution is -2.15. The van der Waals surface area contributed by atoms with Crippen LogP contribution in [0.3, 0.4) is 0 Å². The lowest BCUT2D eigenvalue weighted by molar-refractivity contribution is 0.0487. The lowest BCUT2D eigenvalue weighted by atomic mass is 10.1. The molecular weight excluding hydrogens is 254 g/mol. The van der Waals surface area contributed by atoms with E-state index in [1.807, 2.05) is 25.1 Å². The molecule has 2 N–H and O–H groups in total. The van der Waals surface area contributed by atoms with Gasteiger partial charge in [0, 0.05) is 6.54 Å². The Morgan fingerprint density at radius 2 is 2.10 bits per heavy atom. The molecule has 0 aliphatic rings. The van der Waals surface area contributed by atoms with Gasteiger partial charge >= 0.3 is 5.97 Å². The summed E-state index contributed by atoms with van der Waals surface area (Å²) < 4.78 is 6.80. The van der Waals surface area contributed by atoms with Gasteiger partial charge < -0.3 is 10.5 Å². The maximum Gasteiger partial charge on any atom is 0.358 e. The van der Waals surface area contributed by atoms with Crippen LogP contribution in [0.15, 0.2) is 36.5 Å². The summed E-state index contributed by atoms with van der Waals surface area (Å²) in [6, 6.07) is 10.1. The molecule has 0 radical (unpaired) electrons. The van der Waals surface area contributed by atoms with Crippen molar-refractivity contribution in [2.24, 2.45) is 0 Å². The summed E-state index contributed by atoms with van der Waals surface area (Å²) in [5.41, 5.74) is 7.67. The summed E-state index contributed by atoms with van der Waals surface area (Å²) in [5.74, 6) is -0.407. The molecule has 2 rings (SSSR count). The van der Waals surface area contributed by atoms with Crippen LogP contribution in [0.5, 0.6) is 0 Å². The van der Waals surface area contributed by atoms with Gasteiger partial charge in [-0.15, -0.1) is 0 Å². The number of carbonyl (C=O) groups is 1. The fourth-order valence-corrected chi connectivity index (χ4v) is 2.02. The molecule has 0 bridgehead atoms. The minimum Gasteiger partial charge on any atom is -0.461 e. The number of benzene rings is 1. The Kier molecular flexibility index (Phi) is 4.76. The van der Waals surface area contributed by atoms with Crippen LogP contribution < -0.4 is 5.73 Å². The van der Waals surface area contributed by atoms with Gasteiger partial charge in [-0.25, -0.2) is 4.79 Å². The van der Waals surface area contributed by atoms with Gasteiger partial charge in [0.05, 0.1) is 18.5 Å². The first-order valence-electron chi connectivity index (χ1n) is 6.74. The number of ether oxygens (including phenoxy) is 1. The van der Waals surface area contributed by atoms with Crippen molar-refractivity contribution in [3.8, 4) is 0 Å². The topological polar surface area (TPSA) is 70.1 Å². The third-order valence-corrected chi connectivity index (χ3v) is 3.05. The third-order valence-electron chi connectivity index (χ3n) is 3.05. The van der Waals surface area contributed by atoms with Crippen LogP contribution in [0.25, 0.3) is 0 Å². The maximum absolute atomic E-state index is 12.0. The Bertz CT molecular complexity index is 564. The van der Waals surface area contributed by atoms with Crippen LogP contribution in [0.4, 0.5) is 5.69 Å². The zero-order valence-electron chi connectivity index (χ0n) is 11.6. The van der Waals surface area contributed by atoms with Crippen molar-refractivity contribution < 1.29 is 9.53 Å². The number of aromatic nitrogens is 2. The molecule has 0 atom stereocenters. The van der Waals surface area contributed by atoms with E-state index in [4.69, 9.17) is 10.5 Å². The van der Waals surface area contributed by atoms with Crippen LogP contribution in [0, 0.1) is 0 Å². The van der Waals surface area contributed by atoms with E-state index < -0.39 is 5.97 Å². The van der Waals surface area contributed by atoms with E-state index in [0.29, 0.717) is 24.5 Å². The average molecular weight is 273 g/mol. The van der Waals surface area contributed by atoms with Crippen LogP contribution in [0.2, 0.25) is 0 Å². The number of anilines is 1. The van der Waals surface area contributed by atoms with Gasteiger partial charge in [-0.3, -0.25) is 4.68 Å². The molecule has 1 heterocycles. The largest absolute Gasteiger partial charge is 0.461 e. The predicted octanol–water partition coefficient (Wildman–Crippen LogP) is 2.27. The molecule has 0 aliphatic carbocycles.